The number of hydrogen-bond donors (Lipinski definition) is 3. The van der Waals surface area contributed by atoms with Crippen molar-refractivity contribution >= 4 is 0 Å². The van der Waals surface area contributed by atoms with Crippen LogP contribution in [-0.2, 0) is 6.42 Å². The molecule has 4 aliphatic carbocycles. The number of aliphatic hydroxyl groups excluding tert-OH is 2. The van der Waals surface area contributed by atoms with Gasteiger partial charge in [0.1, 0.15) is 0 Å². The third-order valence-corrected chi connectivity index (χ3v) is 12.4. The normalized spacial score (nSPS) is 44.1. The van der Waals surface area contributed by atoms with Crippen LogP contribution in [-0.4, -0.2) is 27.5 Å². The molecule has 1 aromatic carbocycles. The highest BCUT2D eigenvalue weighted by atomic mass is 19.1. The van der Waals surface area contributed by atoms with Crippen molar-refractivity contribution in [2.75, 3.05) is 0 Å². The third-order valence-electron chi connectivity index (χ3n) is 12.4. The molecular weight excluding hydrogens is 470 g/mol. The van der Waals surface area contributed by atoms with Gasteiger partial charge in [0.25, 0.3) is 0 Å². The molecule has 3 nitrogen and oxygen atoms in total. The van der Waals surface area contributed by atoms with E-state index in [0.717, 1.165) is 38.5 Å². The van der Waals surface area contributed by atoms with E-state index in [2.05, 4.69) is 27.7 Å². The van der Waals surface area contributed by atoms with E-state index >= 15 is 0 Å². The van der Waals surface area contributed by atoms with Crippen LogP contribution in [0.1, 0.15) is 97.5 Å². The van der Waals surface area contributed by atoms with E-state index in [1.54, 1.807) is 0 Å². The predicted octanol–water partition coefficient (Wildman–Crippen LogP) is 7.26. The maximum atomic E-state index is 13.8. The summed E-state index contributed by atoms with van der Waals surface area (Å²) in [6, 6.07) is 2.51. The van der Waals surface area contributed by atoms with Crippen molar-refractivity contribution in [3.05, 3.63) is 29.3 Å². The zero-order chi connectivity index (χ0) is 26.7. The molecule has 11 atom stereocenters. The highest BCUT2D eigenvalue weighted by molar-refractivity contribution is 5.30. The van der Waals surface area contributed by atoms with E-state index < -0.39 is 17.4 Å². The largest absolute Gasteiger partial charge is 0.503 e. The molecule has 3 N–H and O–H groups in total. The van der Waals surface area contributed by atoms with Crippen LogP contribution in [0.4, 0.5) is 8.78 Å². The molecule has 208 valence electrons. The smallest absolute Gasteiger partial charge is 0.187 e. The SMILES string of the molecule is CC[C@H]1[C@@H](O)[C@@H]2[C@H](CC[C@]3(C)[C@@H]([C@H](C)CCCc4cc(F)c(O)c(F)c4)CC[C@@H]23)[C@@]2(C)CC[C@@H](O)C[C@@H]12. The number of rotatable bonds is 6. The zero-order valence-electron chi connectivity index (χ0n) is 23.2. The maximum absolute atomic E-state index is 13.8. The molecule has 4 saturated carbocycles. The molecule has 5 rings (SSSR count). The lowest BCUT2D eigenvalue weighted by atomic mass is 9.41. The molecule has 0 saturated heterocycles. The second kappa shape index (κ2) is 10.1. The number of halogens is 2. The van der Waals surface area contributed by atoms with Gasteiger partial charge in [-0.25, -0.2) is 8.78 Å². The molecular formula is C32H48F2O3. The van der Waals surface area contributed by atoms with Crippen molar-refractivity contribution < 1.29 is 24.1 Å². The first kappa shape index (κ1) is 27.4. The number of fused-ring (bicyclic) bond motifs is 5. The fraction of sp³-hybridized carbons (Fsp3) is 0.812. The van der Waals surface area contributed by atoms with Crippen molar-refractivity contribution in [3.8, 4) is 5.75 Å². The van der Waals surface area contributed by atoms with E-state index in [4.69, 9.17) is 0 Å². The summed E-state index contributed by atoms with van der Waals surface area (Å²) in [4.78, 5) is 0. The Hall–Kier alpha value is -1.20. The Morgan fingerprint density at radius 1 is 0.946 bits per heavy atom. The number of phenolic OH excluding ortho intramolecular Hbond substituents is 1. The average molecular weight is 519 g/mol. The number of aromatic hydroxyl groups is 1. The van der Waals surface area contributed by atoms with Crippen LogP contribution in [0.25, 0.3) is 0 Å². The average Bonchev–Trinajstić information content (AvgIpc) is 3.21. The van der Waals surface area contributed by atoms with Crippen LogP contribution in [0.5, 0.6) is 5.75 Å². The van der Waals surface area contributed by atoms with Gasteiger partial charge in [0, 0.05) is 0 Å². The molecule has 0 bridgehead atoms. The molecule has 0 heterocycles. The van der Waals surface area contributed by atoms with Crippen LogP contribution < -0.4 is 0 Å². The second-order valence-corrected chi connectivity index (χ2v) is 13.9. The Labute approximate surface area is 222 Å². The Balaban J connectivity index is 1.29. The summed E-state index contributed by atoms with van der Waals surface area (Å²) in [5.41, 5.74) is 1.06. The lowest BCUT2D eigenvalue weighted by Crippen LogP contribution is -2.62. The number of aryl methyl sites for hydroxylation is 1. The summed E-state index contributed by atoms with van der Waals surface area (Å²) < 4.78 is 27.5. The Bertz CT molecular complexity index is 960. The molecule has 0 spiro atoms. The summed E-state index contributed by atoms with van der Waals surface area (Å²) >= 11 is 0. The first-order chi connectivity index (χ1) is 17.5. The zero-order valence-corrected chi connectivity index (χ0v) is 23.2. The maximum Gasteiger partial charge on any atom is 0.187 e. The van der Waals surface area contributed by atoms with Gasteiger partial charge >= 0.3 is 0 Å². The standard InChI is InChI=1S/C32H48F2O3/c1-5-21-25-17-20(35)11-13-32(25,4)24-12-14-31(3)22(9-10-23(31)28(24)29(21)36)18(2)7-6-8-19-15-26(33)30(37)27(34)16-19/h15-16,18,20-25,28-29,35-37H,5-14,17H2,1-4H3/t18-,20-,21-,22-,23+,24+,25+,28+,29-,31-,32-/m1/s1. The molecule has 0 aromatic heterocycles. The Morgan fingerprint density at radius 2 is 1.59 bits per heavy atom. The van der Waals surface area contributed by atoms with Crippen molar-refractivity contribution in [1.29, 1.82) is 0 Å². The Kier molecular flexibility index (Phi) is 7.46. The molecule has 0 unspecified atom stereocenters. The fourth-order valence-corrected chi connectivity index (χ4v) is 10.5. The molecule has 1 aromatic rings. The molecule has 5 heteroatoms. The first-order valence-electron chi connectivity index (χ1n) is 15.0. The Morgan fingerprint density at radius 3 is 2.27 bits per heavy atom. The highest BCUT2D eigenvalue weighted by Gasteiger charge is 2.64. The number of phenols is 1. The van der Waals surface area contributed by atoms with Crippen LogP contribution in [0.2, 0.25) is 0 Å². The molecule has 37 heavy (non-hydrogen) atoms. The summed E-state index contributed by atoms with van der Waals surface area (Å²) in [5, 5.41) is 31.7. The van der Waals surface area contributed by atoms with Crippen molar-refractivity contribution in [1.82, 2.24) is 0 Å². The lowest BCUT2D eigenvalue weighted by Gasteiger charge is -2.64. The summed E-state index contributed by atoms with van der Waals surface area (Å²) in [6.07, 6.45) is 10.6. The van der Waals surface area contributed by atoms with Gasteiger partial charge in [0.05, 0.1) is 12.2 Å². The van der Waals surface area contributed by atoms with E-state index in [9.17, 15) is 24.1 Å². The first-order valence-corrected chi connectivity index (χ1v) is 15.0. The van der Waals surface area contributed by atoms with E-state index in [0.29, 0.717) is 47.5 Å². The number of hydrogen-bond acceptors (Lipinski definition) is 3. The van der Waals surface area contributed by atoms with Crippen LogP contribution >= 0.6 is 0 Å². The van der Waals surface area contributed by atoms with Gasteiger partial charge in [-0.15, -0.1) is 0 Å². The van der Waals surface area contributed by atoms with Crippen LogP contribution in [0, 0.1) is 63.9 Å². The molecule has 0 amide bonds. The van der Waals surface area contributed by atoms with E-state index in [-0.39, 0.29) is 29.0 Å². The van der Waals surface area contributed by atoms with Gasteiger partial charge in [-0.1, -0.05) is 40.5 Å². The molecule has 0 radical (unpaired) electrons. The van der Waals surface area contributed by atoms with Crippen molar-refractivity contribution in [2.45, 2.75) is 111 Å². The third kappa shape index (κ3) is 4.44. The van der Waals surface area contributed by atoms with Crippen LogP contribution in [0.3, 0.4) is 0 Å². The van der Waals surface area contributed by atoms with Gasteiger partial charge in [-0.2, -0.15) is 0 Å². The summed E-state index contributed by atoms with van der Waals surface area (Å²) in [7, 11) is 0. The lowest BCUT2D eigenvalue weighted by molar-refractivity contribution is -0.203. The molecule has 4 fully saturated rings. The highest BCUT2D eigenvalue weighted by Crippen LogP contribution is 2.69. The van der Waals surface area contributed by atoms with E-state index in [1.165, 1.54) is 37.8 Å². The number of benzene rings is 1. The van der Waals surface area contributed by atoms with Crippen molar-refractivity contribution in [3.63, 3.8) is 0 Å². The van der Waals surface area contributed by atoms with Gasteiger partial charge in [-0.3, -0.25) is 0 Å². The minimum absolute atomic E-state index is 0.212. The predicted molar refractivity (Wildman–Crippen MR) is 142 cm³/mol. The fourth-order valence-electron chi connectivity index (χ4n) is 10.5. The minimum atomic E-state index is -0.891. The van der Waals surface area contributed by atoms with Crippen molar-refractivity contribution in [2.24, 2.45) is 52.3 Å². The number of aliphatic hydroxyl groups is 2. The quantitative estimate of drug-likeness (QED) is 0.372. The van der Waals surface area contributed by atoms with Gasteiger partial charge in [0.2, 0.25) is 0 Å². The second-order valence-electron chi connectivity index (χ2n) is 13.9. The van der Waals surface area contributed by atoms with Gasteiger partial charge in [0.15, 0.2) is 17.4 Å². The minimum Gasteiger partial charge on any atom is -0.503 e. The van der Waals surface area contributed by atoms with E-state index in [1.807, 2.05) is 0 Å². The van der Waals surface area contributed by atoms with Gasteiger partial charge < -0.3 is 15.3 Å². The monoisotopic (exact) mass is 518 g/mol. The molecule has 4 aliphatic rings. The summed E-state index contributed by atoms with van der Waals surface area (Å²) in [5.74, 6) is 0.641. The van der Waals surface area contributed by atoms with Gasteiger partial charge in [-0.05, 0) is 128 Å². The summed E-state index contributed by atoms with van der Waals surface area (Å²) in [6.45, 7) is 9.57. The topological polar surface area (TPSA) is 60.7 Å². The van der Waals surface area contributed by atoms with Crippen LogP contribution in [0.15, 0.2) is 12.1 Å². The molecule has 0 aliphatic heterocycles.